The standard InChI is InChI=1S/C13H16N4S/c1-2-12(18-9-1)11-3-4-15-13(16-11)10-17-7-5-14-6-8-17/h1-4,9,14H,5-8,10H2. The number of hydrogen-bond acceptors (Lipinski definition) is 5. The van der Waals surface area contributed by atoms with E-state index in [1.165, 1.54) is 4.88 Å². The van der Waals surface area contributed by atoms with Gasteiger partial charge in [0.25, 0.3) is 0 Å². The summed E-state index contributed by atoms with van der Waals surface area (Å²) in [7, 11) is 0. The highest BCUT2D eigenvalue weighted by molar-refractivity contribution is 7.13. The number of nitrogens with zero attached hydrogens (tertiary/aromatic N) is 3. The van der Waals surface area contributed by atoms with E-state index in [1.54, 1.807) is 11.3 Å². The minimum absolute atomic E-state index is 0.848. The molecule has 5 heteroatoms. The monoisotopic (exact) mass is 260 g/mol. The molecule has 4 nitrogen and oxygen atoms in total. The van der Waals surface area contributed by atoms with Crippen molar-refractivity contribution in [3.05, 3.63) is 35.6 Å². The average Bonchev–Trinajstić information content (AvgIpc) is 2.94. The van der Waals surface area contributed by atoms with Crippen LogP contribution in [0.25, 0.3) is 10.6 Å². The van der Waals surface area contributed by atoms with Gasteiger partial charge in [0.15, 0.2) is 0 Å². The summed E-state index contributed by atoms with van der Waals surface area (Å²) in [4.78, 5) is 12.6. The van der Waals surface area contributed by atoms with Gasteiger partial charge in [-0.05, 0) is 17.5 Å². The Labute approximate surface area is 111 Å². The van der Waals surface area contributed by atoms with Gasteiger partial charge in [0, 0.05) is 32.4 Å². The van der Waals surface area contributed by atoms with Crippen molar-refractivity contribution < 1.29 is 0 Å². The topological polar surface area (TPSA) is 41.1 Å². The third kappa shape index (κ3) is 2.75. The van der Waals surface area contributed by atoms with E-state index in [0.29, 0.717) is 0 Å². The van der Waals surface area contributed by atoms with Gasteiger partial charge < -0.3 is 5.32 Å². The molecule has 0 radical (unpaired) electrons. The van der Waals surface area contributed by atoms with Gasteiger partial charge in [0.05, 0.1) is 17.1 Å². The second-order valence-corrected chi connectivity index (χ2v) is 5.31. The first-order valence-corrected chi connectivity index (χ1v) is 7.09. The van der Waals surface area contributed by atoms with Crippen molar-refractivity contribution >= 4 is 11.3 Å². The predicted molar refractivity (Wildman–Crippen MR) is 73.5 cm³/mol. The number of hydrogen-bond donors (Lipinski definition) is 1. The number of rotatable bonds is 3. The first-order valence-electron chi connectivity index (χ1n) is 6.21. The van der Waals surface area contributed by atoms with Crippen molar-refractivity contribution in [2.24, 2.45) is 0 Å². The summed E-state index contributed by atoms with van der Waals surface area (Å²) >= 11 is 1.72. The zero-order chi connectivity index (χ0) is 12.2. The summed E-state index contributed by atoms with van der Waals surface area (Å²) in [6, 6.07) is 6.13. The molecule has 0 unspecified atom stereocenters. The van der Waals surface area contributed by atoms with Crippen molar-refractivity contribution in [2.45, 2.75) is 6.54 Å². The minimum atomic E-state index is 0.848. The second kappa shape index (κ2) is 5.56. The summed E-state index contributed by atoms with van der Waals surface area (Å²) in [6.07, 6.45) is 1.86. The molecule has 0 atom stereocenters. The molecule has 18 heavy (non-hydrogen) atoms. The van der Waals surface area contributed by atoms with Crippen LogP contribution in [0.2, 0.25) is 0 Å². The van der Waals surface area contributed by atoms with E-state index in [-0.39, 0.29) is 0 Å². The quantitative estimate of drug-likeness (QED) is 0.910. The van der Waals surface area contributed by atoms with Crippen molar-refractivity contribution in [3.63, 3.8) is 0 Å². The normalized spacial score (nSPS) is 16.9. The van der Waals surface area contributed by atoms with E-state index >= 15 is 0 Å². The second-order valence-electron chi connectivity index (χ2n) is 4.36. The van der Waals surface area contributed by atoms with Crippen LogP contribution in [0.15, 0.2) is 29.8 Å². The zero-order valence-electron chi connectivity index (χ0n) is 10.2. The van der Waals surface area contributed by atoms with E-state index in [2.05, 4.69) is 37.7 Å². The Balaban J connectivity index is 1.74. The van der Waals surface area contributed by atoms with Gasteiger partial charge in [-0.3, -0.25) is 4.90 Å². The number of aromatic nitrogens is 2. The van der Waals surface area contributed by atoms with E-state index in [9.17, 15) is 0 Å². The maximum Gasteiger partial charge on any atom is 0.142 e. The highest BCUT2D eigenvalue weighted by Gasteiger charge is 2.12. The number of nitrogens with one attached hydrogen (secondary N) is 1. The first kappa shape index (κ1) is 11.8. The fraction of sp³-hybridized carbons (Fsp3) is 0.385. The Morgan fingerprint density at radius 3 is 2.94 bits per heavy atom. The van der Waals surface area contributed by atoms with Gasteiger partial charge in [-0.25, -0.2) is 9.97 Å². The van der Waals surface area contributed by atoms with Crippen molar-refractivity contribution in [1.29, 1.82) is 0 Å². The lowest BCUT2D eigenvalue weighted by Gasteiger charge is -2.26. The fourth-order valence-electron chi connectivity index (χ4n) is 2.11. The van der Waals surface area contributed by atoms with Gasteiger partial charge in [-0.15, -0.1) is 11.3 Å². The van der Waals surface area contributed by atoms with Crippen LogP contribution in [0.5, 0.6) is 0 Å². The third-order valence-electron chi connectivity index (χ3n) is 3.05. The highest BCUT2D eigenvalue weighted by atomic mass is 32.1. The van der Waals surface area contributed by atoms with Crippen LogP contribution in [-0.4, -0.2) is 41.0 Å². The highest BCUT2D eigenvalue weighted by Crippen LogP contribution is 2.22. The van der Waals surface area contributed by atoms with Crippen molar-refractivity contribution in [1.82, 2.24) is 20.2 Å². The van der Waals surface area contributed by atoms with E-state index in [0.717, 1.165) is 44.2 Å². The lowest BCUT2D eigenvalue weighted by atomic mass is 10.3. The van der Waals surface area contributed by atoms with Crippen LogP contribution in [0.1, 0.15) is 5.82 Å². The van der Waals surface area contributed by atoms with Crippen LogP contribution < -0.4 is 5.32 Å². The summed E-state index contributed by atoms with van der Waals surface area (Å²) in [5.41, 5.74) is 1.03. The summed E-state index contributed by atoms with van der Waals surface area (Å²) in [6.45, 7) is 5.12. The number of thiophene rings is 1. The Bertz CT molecular complexity index is 491. The Kier molecular flexibility index (Phi) is 3.64. The van der Waals surface area contributed by atoms with E-state index in [1.807, 2.05) is 12.3 Å². The molecule has 0 aliphatic carbocycles. The molecule has 1 aliphatic rings. The summed E-state index contributed by atoms with van der Waals surface area (Å²) < 4.78 is 0. The van der Waals surface area contributed by atoms with Gasteiger partial charge in [0.1, 0.15) is 5.82 Å². The molecular formula is C13H16N4S. The zero-order valence-corrected chi connectivity index (χ0v) is 11.0. The van der Waals surface area contributed by atoms with Crippen LogP contribution in [-0.2, 0) is 6.54 Å². The maximum absolute atomic E-state index is 4.65. The van der Waals surface area contributed by atoms with Crippen LogP contribution >= 0.6 is 11.3 Å². The Morgan fingerprint density at radius 2 is 2.17 bits per heavy atom. The third-order valence-corrected chi connectivity index (χ3v) is 3.95. The molecule has 0 aromatic carbocycles. The molecule has 1 saturated heterocycles. The summed E-state index contributed by atoms with van der Waals surface area (Å²) in [5.74, 6) is 0.919. The van der Waals surface area contributed by atoms with Gasteiger partial charge in [-0.2, -0.15) is 0 Å². The lowest BCUT2D eigenvalue weighted by Crippen LogP contribution is -2.43. The summed E-state index contributed by atoms with van der Waals surface area (Å²) in [5, 5.41) is 5.43. The molecule has 0 saturated carbocycles. The molecule has 1 aliphatic heterocycles. The van der Waals surface area contributed by atoms with E-state index < -0.39 is 0 Å². The van der Waals surface area contributed by atoms with Crippen LogP contribution in [0.4, 0.5) is 0 Å². The Hall–Kier alpha value is -1.30. The van der Waals surface area contributed by atoms with Gasteiger partial charge >= 0.3 is 0 Å². The molecular weight excluding hydrogens is 244 g/mol. The van der Waals surface area contributed by atoms with Gasteiger partial charge in [-0.1, -0.05) is 6.07 Å². The SMILES string of the molecule is c1csc(-c2ccnc(CN3CCNCC3)n2)c1. The lowest BCUT2D eigenvalue weighted by molar-refractivity contribution is 0.228. The van der Waals surface area contributed by atoms with Crippen LogP contribution in [0.3, 0.4) is 0 Å². The minimum Gasteiger partial charge on any atom is -0.314 e. The molecule has 2 aromatic rings. The smallest absolute Gasteiger partial charge is 0.142 e. The largest absolute Gasteiger partial charge is 0.314 e. The maximum atomic E-state index is 4.65. The Morgan fingerprint density at radius 1 is 1.28 bits per heavy atom. The molecule has 0 bridgehead atoms. The molecule has 0 amide bonds. The molecule has 94 valence electrons. The number of piperazine rings is 1. The molecule has 3 rings (SSSR count). The molecule has 1 N–H and O–H groups in total. The molecule has 3 heterocycles. The average molecular weight is 260 g/mol. The van der Waals surface area contributed by atoms with Crippen molar-refractivity contribution in [3.8, 4) is 10.6 Å². The van der Waals surface area contributed by atoms with E-state index in [4.69, 9.17) is 0 Å². The molecule has 2 aromatic heterocycles. The first-order chi connectivity index (χ1) is 8.92. The van der Waals surface area contributed by atoms with Crippen LogP contribution in [0, 0.1) is 0 Å². The van der Waals surface area contributed by atoms with Crippen molar-refractivity contribution in [2.75, 3.05) is 26.2 Å². The fourth-order valence-corrected chi connectivity index (χ4v) is 2.80. The molecule has 0 spiro atoms. The predicted octanol–water partition coefficient (Wildman–Crippen LogP) is 1.61. The van der Waals surface area contributed by atoms with Gasteiger partial charge in [0.2, 0.25) is 0 Å². The molecule has 1 fully saturated rings.